The number of nitrogens with one attached hydrogen (secondary N) is 1. The number of hydrogen-bond donors (Lipinski definition) is 1. The standard InChI is InChI=1S/C22H24N2O5/c1-14-20(21(29-24-14)16-6-8-17(26-2)9-7-16)22(25)23-12-11-15-5-10-18(27-3)19(13-15)28-4/h5-10,13H,11-12H2,1-4H3,(H,23,25). The lowest BCUT2D eigenvalue weighted by Gasteiger charge is -2.10. The molecule has 0 saturated heterocycles. The molecule has 0 aliphatic rings. The van der Waals surface area contributed by atoms with Crippen LogP contribution in [0.2, 0.25) is 0 Å². The van der Waals surface area contributed by atoms with Crippen LogP contribution in [0.5, 0.6) is 17.2 Å². The number of nitrogens with zero attached hydrogens (tertiary/aromatic N) is 1. The lowest BCUT2D eigenvalue weighted by atomic mass is 10.1. The molecule has 1 aromatic heterocycles. The average molecular weight is 396 g/mol. The van der Waals surface area contributed by atoms with Gasteiger partial charge in [0.2, 0.25) is 0 Å². The number of ether oxygens (including phenoxy) is 3. The highest BCUT2D eigenvalue weighted by atomic mass is 16.5. The van der Waals surface area contributed by atoms with Crippen LogP contribution in [0, 0.1) is 6.92 Å². The first kappa shape index (κ1) is 20.3. The average Bonchev–Trinajstić information content (AvgIpc) is 3.15. The molecule has 0 atom stereocenters. The van der Waals surface area contributed by atoms with E-state index in [1.54, 1.807) is 28.3 Å². The smallest absolute Gasteiger partial charge is 0.257 e. The second kappa shape index (κ2) is 9.14. The molecule has 1 heterocycles. The Morgan fingerprint density at radius 1 is 1.00 bits per heavy atom. The lowest BCUT2D eigenvalue weighted by molar-refractivity contribution is 0.0954. The van der Waals surface area contributed by atoms with Crippen LogP contribution in [0.3, 0.4) is 0 Å². The van der Waals surface area contributed by atoms with Crippen molar-refractivity contribution in [3.8, 4) is 28.6 Å². The number of carbonyl (C=O) groups excluding carboxylic acids is 1. The molecular weight excluding hydrogens is 372 g/mol. The third-order valence-corrected chi connectivity index (χ3v) is 4.59. The lowest BCUT2D eigenvalue weighted by Crippen LogP contribution is -2.26. The summed E-state index contributed by atoms with van der Waals surface area (Å²) in [5.74, 6) is 2.27. The number of rotatable bonds is 8. The summed E-state index contributed by atoms with van der Waals surface area (Å²) in [6.07, 6.45) is 0.647. The van der Waals surface area contributed by atoms with Gasteiger partial charge in [-0.15, -0.1) is 0 Å². The summed E-state index contributed by atoms with van der Waals surface area (Å²) in [6, 6.07) is 13.0. The van der Waals surface area contributed by atoms with Crippen LogP contribution in [0.25, 0.3) is 11.3 Å². The number of aromatic nitrogens is 1. The summed E-state index contributed by atoms with van der Waals surface area (Å²) in [4.78, 5) is 12.8. The molecular formula is C22H24N2O5. The van der Waals surface area contributed by atoms with E-state index in [0.29, 0.717) is 41.5 Å². The van der Waals surface area contributed by atoms with E-state index in [4.69, 9.17) is 18.7 Å². The molecule has 1 amide bonds. The molecule has 2 aromatic carbocycles. The van der Waals surface area contributed by atoms with Crippen molar-refractivity contribution in [1.29, 1.82) is 0 Å². The van der Waals surface area contributed by atoms with Gasteiger partial charge in [-0.05, 0) is 55.3 Å². The van der Waals surface area contributed by atoms with Gasteiger partial charge in [0, 0.05) is 12.1 Å². The summed E-state index contributed by atoms with van der Waals surface area (Å²) in [7, 11) is 4.79. The fraction of sp³-hybridized carbons (Fsp3) is 0.273. The van der Waals surface area contributed by atoms with Crippen molar-refractivity contribution in [2.75, 3.05) is 27.9 Å². The van der Waals surface area contributed by atoms with E-state index < -0.39 is 0 Å². The summed E-state index contributed by atoms with van der Waals surface area (Å²) >= 11 is 0. The molecule has 7 nitrogen and oxygen atoms in total. The zero-order valence-corrected chi connectivity index (χ0v) is 16.9. The zero-order chi connectivity index (χ0) is 20.8. The van der Waals surface area contributed by atoms with Crippen LogP contribution in [0.1, 0.15) is 21.6 Å². The Bertz CT molecular complexity index is 979. The SMILES string of the molecule is COc1ccc(-c2onc(C)c2C(=O)NCCc2ccc(OC)c(OC)c2)cc1. The van der Waals surface area contributed by atoms with Crippen molar-refractivity contribution in [3.05, 3.63) is 59.3 Å². The molecule has 0 spiro atoms. The maximum Gasteiger partial charge on any atom is 0.257 e. The Morgan fingerprint density at radius 2 is 1.72 bits per heavy atom. The molecule has 3 aromatic rings. The Balaban J connectivity index is 1.69. The molecule has 29 heavy (non-hydrogen) atoms. The largest absolute Gasteiger partial charge is 0.497 e. The minimum absolute atomic E-state index is 0.227. The maximum atomic E-state index is 12.8. The van der Waals surface area contributed by atoms with Crippen LogP contribution in [0.15, 0.2) is 47.0 Å². The number of methoxy groups -OCH3 is 3. The van der Waals surface area contributed by atoms with Crippen LogP contribution < -0.4 is 19.5 Å². The fourth-order valence-electron chi connectivity index (χ4n) is 3.02. The van der Waals surface area contributed by atoms with E-state index >= 15 is 0 Å². The number of amides is 1. The van der Waals surface area contributed by atoms with Crippen molar-refractivity contribution in [2.45, 2.75) is 13.3 Å². The normalized spacial score (nSPS) is 10.5. The first-order valence-corrected chi connectivity index (χ1v) is 9.17. The maximum absolute atomic E-state index is 12.8. The molecule has 0 aliphatic heterocycles. The highest BCUT2D eigenvalue weighted by Crippen LogP contribution is 2.29. The van der Waals surface area contributed by atoms with Gasteiger partial charge in [0.05, 0.1) is 27.0 Å². The van der Waals surface area contributed by atoms with Crippen molar-refractivity contribution in [2.24, 2.45) is 0 Å². The van der Waals surface area contributed by atoms with E-state index in [2.05, 4.69) is 10.5 Å². The van der Waals surface area contributed by atoms with E-state index in [0.717, 1.165) is 16.9 Å². The summed E-state index contributed by atoms with van der Waals surface area (Å²) in [5, 5.41) is 6.90. The topological polar surface area (TPSA) is 82.8 Å². The molecule has 7 heteroatoms. The molecule has 0 radical (unpaired) electrons. The molecule has 0 saturated carbocycles. The fourth-order valence-corrected chi connectivity index (χ4v) is 3.02. The quantitative estimate of drug-likeness (QED) is 0.626. The van der Waals surface area contributed by atoms with Gasteiger partial charge in [0.1, 0.15) is 11.3 Å². The van der Waals surface area contributed by atoms with E-state index in [1.807, 2.05) is 42.5 Å². The number of aryl methyl sites for hydroxylation is 1. The van der Waals surface area contributed by atoms with E-state index in [9.17, 15) is 4.79 Å². The number of benzene rings is 2. The Hall–Kier alpha value is -3.48. The van der Waals surface area contributed by atoms with Crippen LogP contribution in [-0.2, 0) is 6.42 Å². The molecule has 0 aliphatic carbocycles. The second-order valence-corrected chi connectivity index (χ2v) is 6.40. The Morgan fingerprint density at radius 3 is 2.38 bits per heavy atom. The summed E-state index contributed by atoms with van der Waals surface area (Å²) in [5.41, 5.74) is 2.76. The third kappa shape index (κ3) is 4.51. The van der Waals surface area contributed by atoms with Crippen molar-refractivity contribution >= 4 is 5.91 Å². The zero-order valence-electron chi connectivity index (χ0n) is 16.9. The first-order valence-electron chi connectivity index (χ1n) is 9.17. The van der Waals surface area contributed by atoms with Gasteiger partial charge in [-0.3, -0.25) is 4.79 Å². The number of hydrogen-bond acceptors (Lipinski definition) is 6. The molecule has 3 rings (SSSR count). The summed E-state index contributed by atoms with van der Waals surface area (Å²) < 4.78 is 21.2. The van der Waals surface area contributed by atoms with Gasteiger partial charge < -0.3 is 24.1 Å². The molecule has 0 unspecified atom stereocenters. The third-order valence-electron chi connectivity index (χ3n) is 4.59. The molecule has 152 valence electrons. The molecule has 0 fully saturated rings. The molecule has 1 N–H and O–H groups in total. The van der Waals surface area contributed by atoms with Crippen molar-refractivity contribution < 1.29 is 23.5 Å². The second-order valence-electron chi connectivity index (χ2n) is 6.40. The highest BCUT2D eigenvalue weighted by molar-refractivity contribution is 6.00. The van der Waals surface area contributed by atoms with Crippen LogP contribution >= 0.6 is 0 Å². The van der Waals surface area contributed by atoms with E-state index in [-0.39, 0.29) is 5.91 Å². The first-order chi connectivity index (χ1) is 14.1. The Kier molecular flexibility index (Phi) is 6.39. The van der Waals surface area contributed by atoms with Gasteiger partial charge in [-0.2, -0.15) is 0 Å². The van der Waals surface area contributed by atoms with Crippen molar-refractivity contribution in [1.82, 2.24) is 10.5 Å². The Labute approximate surface area is 169 Å². The minimum Gasteiger partial charge on any atom is -0.497 e. The van der Waals surface area contributed by atoms with Gasteiger partial charge >= 0.3 is 0 Å². The minimum atomic E-state index is -0.227. The van der Waals surface area contributed by atoms with Gasteiger partial charge in [0.25, 0.3) is 5.91 Å². The van der Waals surface area contributed by atoms with Crippen LogP contribution in [-0.4, -0.2) is 38.9 Å². The highest BCUT2D eigenvalue weighted by Gasteiger charge is 2.21. The van der Waals surface area contributed by atoms with Gasteiger partial charge in [-0.25, -0.2) is 0 Å². The van der Waals surface area contributed by atoms with Gasteiger partial charge in [-0.1, -0.05) is 11.2 Å². The molecule has 0 bridgehead atoms. The van der Waals surface area contributed by atoms with E-state index in [1.165, 1.54) is 0 Å². The monoisotopic (exact) mass is 396 g/mol. The predicted molar refractivity (Wildman–Crippen MR) is 109 cm³/mol. The predicted octanol–water partition coefficient (Wildman–Crippen LogP) is 3.65. The van der Waals surface area contributed by atoms with Crippen molar-refractivity contribution in [3.63, 3.8) is 0 Å². The number of carbonyl (C=O) groups is 1. The summed E-state index contributed by atoms with van der Waals surface area (Å²) in [6.45, 7) is 2.21. The van der Waals surface area contributed by atoms with Crippen LogP contribution in [0.4, 0.5) is 0 Å². The van der Waals surface area contributed by atoms with Gasteiger partial charge in [0.15, 0.2) is 17.3 Å².